The molecule has 2 aromatic rings. The summed E-state index contributed by atoms with van der Waals surface area (Å²) in [6, 6.07) is 9.86. The molecule has 9 heteroatoms. The predicted molar refractivity (Wildman–Crippen MR) is 116 cm³/mol. The van der Waals surface area contributed by atoms with E-state index < -0.39 is 5.91 Å². The molecule has 0 bridgehead atoms. The first-order valence-electron chi connectivity index (χ1n) is 9.32. The van der Waals surface area contributed by atoms with E-state index in [1.54, 1.807) is 36.4 Å². The van der Waals surface area contributed by atoms with Crippen LogP contribution >= 0.6 is 23.2 Å². The van der Waals surface area contributed by atoms with Gasteiger partial charge >= 0.3 is 0 Å². The van der Waals surface area contributed by atoms with Gasteiger partial charge < -0.3 is 14.2 Å². The summed E-state index contributed by atoms with van der Waals surface area (Å²) >= 11 is 12.0. The lowest BCUT2D eigenvalue weighted by Crippen LogP contribution is -2.41. The number of hydrogen-bond donors (Lipinski definition) is 2. The number of hydrogen-bond acceptors (Lipinski definition) is 5. The van der Waals surface area contributed by atoms with Crippen LogP contribution in [0.2, 0.25) is 10.0 Å². The minimum absolute atomic E-state index is 0.0308. The highest BCUT2D eigenvalue weighted by Crippen LogP contribution is 2.31. The molecular weight excluding hydrogens is 431 g/mol. The van der Waals surface area contributed by atoms with Crippen molar-refractivity contribution in [1.82, 2.24) is 10.9 Å². The van der Waals surface area contributed by atoms with Gasteiger partial charge in [0, 0.05) is 12.0 Å². The number of rotatable bonds is 9. The maximum atomic E-state index is 12.3. The normalized spacial score (nSPS) is 10.5. The predicted octanol–water partition coefficient (Wildman–Crippen LogP) is 4.41. The minimum Gasteiger partial charge on any atom is -0.493 e. The van der Waals surface area contributed by atoms with Crippen molar-refractivity contribution in [2.45, 2.75) is 32.8 Å². The minimum atomic E-state index is -0.472. The van der Waals surface area contributed by atoms with Crippen molar-refractivity contribution in [3.05, 3.63) is 52.0 Å². The van der Waals surface area contributed by atoms with E-state index in [1.807, 2.05) is 13.8 Å². The van der Waals surface area contributed by atoms with Gasteiger partial charge in [0.25, 0.3) is 5.91 Å². The molecular formula is C21H24Cl2N2O5. The molecule has 0 heterocycles. The first-order chi connectivity index (χ1) is 14.3. The third-order valence-corrected chi connectivity index (χ3v) is 4.63. The van der Waals surface area contributed by atoms with E-state index in [2.05, 4.69) is 10.9 Å². The molecule has 0 aliphatic carbocycles. The van der Waals surface area contributed by atoms with Gasteiger partial charge in [0.05, 0.1) is 24.8 Å². The van der Waals surface area contributed by atoms with Crippen LogP contribution in [-0.2, 0) is 4.79 Å². The highest BCUT2D eigenvalue weighted by atomic mass is 35.5. The highest BCUT2D eigenvalue weighted by molar-refractivity contribution is 6.42. The van der Waals surface area contributed by atoms with Gasteiger partial charge in [-0.3, -0.25) is 20.4 Å². The number of ether oxygens (including phenoxy) is 3. The monoisotopic (exact) mass is 454 g/mol. The molecule has 7 nitrogen and oxygen atoms in total. The average molecular weight is 455 g/mol. The summed E-state index contributed by atoms with van der Waals surface area (Å²) in [6.45, 7) is 4.06. The molecule has 0 fully saturated rings. The van der Waals surface area contributed by atoms with Crippen molar-refractivity contribution in [3.63, 3.8) is 0 Å². The number of halogens is 2. The topological polar surface area (TPSA) is 85.9 Å². The number of carbonyl (C=O) groups excluding carboxylic acids is 2. The second-order valence-corrected chi connectivity index (χ2v) is 7.32. The summed E-state index contributed by atoms with van der Waals surface area (Å²) in [5.41, 5.74) is 5.06. The van der Waals surface area contributed by atoms with Gasteiger partial charge in [-0.2, -0.15) is 0 Å². The molecule has 0 atom stereocenters. The van der Waals surface area contributed by atoms with Crippen molar-refractivity contribution in [1.29, 1.82) is 0 Å². The summed E-state index contributed by atoms with van der Waals surface area (Å²) < 4.78 is 16.4. The van der Waals surface area contributed by atoms with E-state index in [1.165, 1.54) is 7.11 Å². The van der Waals surface area contributed by atoms with Crippen molar-refractivity contribution in [2.24, 2.45) is 0 Å². The molecule has 30 heavy (non-hydrogen) atoms. The Bertz CT molecular complexity index is 890. The van der Waals surface area contributed by atoms with Gasteiger partial charge in [-0.25, -0.2) is 0 Å². The Morgan fingerprint density at radius 3 is 2.50 bits per heavy atom. The lowest BCUT2D eigenvalue weighted by molar-refractivity contribution is -0.122. The zero-order valence-corrected chi connectivity index (χ0v) is 18.5. The molecule has 0 aliphatic rings. The van der Waals surface area contributed by atoms with Crippen molar-refractivity contribution >= 4 is 35.0 Å². The van der Waals surface area contributed by atoms with Crippen LogP contribution < -0.4 is 25.1 Å². The molecule has 0 radical (unpaired) electrons. The number of carbonyl (C=O) groups is 2. The first-order valence-corrected chi connectivity index (χ1v) is 10.1. The maximum absolute atomic E-state index is 12.3. The lowest BCUT2D eigenvalue weighted by Gasteiger charge is -2.14. The van der Waals surface area contributed by atoms with E-state index in [0.717, 1.165) is 0 Å². The van der Waals surface area contributed by atoms with Crippen LogP contribution in [0, 0.1) is 0 Å². The van der Waals surface area contributed by atoms with Crippen LogP contribution in [0.15, 0.2) is 36.4 Å². The fourth-order valence-electron chi connectivity index (χ4n) is 2.43. The number of amides is 2. The van der Waals surface area contributed by atoms with Crippen molar-refractivity contribution < 1.29 is 23.8 Å². The third-order valence-electron chi connectivity index (χ3n) is 3.83. The van der Waals surface area contributed by atoms with Gasteiger partial charge in [-0.1, -0.05) is 29.3 Å². The van der Waals surface area contributed by atoms with Crippen LogP contribution in [0.25, 0.3) is 0 Å². The molecule has 0 aliphatic heterocycles. The molecule has 0 spiro atoms. The number of hydrazine groups is 1. The Kier molecular flexibility index (Phi) is 9.08. The number of nitrogens with one attached hydrogen (secondary N) is 2. The maximum Gasteiger partial charge on any atom is 0.269 e. The fraction of sp³-hybridized carbons (Fsp3) is 0.333. The lowest BCUT2D eigenvalue weighted by atomic mass is 10.2. The van der Waals surface area contributed by atoms with Crippen LogP contribution in [0.5, 0.6) is 17.2 Å². The molecule has 0 saturated carbocycles. The van der Waals surface area contributed by atoms with E-state index in [4.69, 9.17) is 37.4 Å². The van der Waals surface area contributed by atoms with Crippen LogP contribution in [0.4, 0.5) is 0 Å². The fourth-order valence-corrected chi connectivity index (χ4v) is 2.78. The summed E-state index contributed by atoms with van der Waals surface area (Å²) in [5.74, 6) is 0.597. The highest BCUT2D eigenvalue weighted by Gasteiger charge is 2.13. The quantitative estimate of drug-likeness (QED) is 0.432. The SMILES string of the molecule is COc1cc(C(=O)NNC(=O)CCCOc2cccc(Cl)c2Cl)ccc1OC(C)C. The summed E-state index contributed by atoms with van der Waals surface area (Å²) in [5, 5.41) is 0.728. The number of methoxy groups -OCH3 is 1. The van der Waals surface area contributed by atoms with Crippen molar-refractivity contribution in [2.75, 3.05) is 13.7 Å². The van der Waals surface area contributed by atoms with Gasteiger partial charge in [0.15, 0.2) is 11.5 Å². The zero-order valence-electron chi connectivity index (χ0n) is 17.0. The summed E-state index contributed by atoms with van der Waals surface area (Å²) in [7, 11) is 1.49. The third kappa shape index (κ3) is 7.00. The Hall–Kier alpha value is -2.64. The van der Waals surface area contributed by atoms with E-state index in [0.29, 0.717) is 39.3 Å². The molecule has 0 aromatic heterocycles. The van der Waals surface area contributed by atoms with Crippen LogP contribution in [0.3, 0.4) is 0 Å². The molecule has 2 amide bonds. The van der Waals surface area contributed by atoms with Crippen LogP contribution in [-0.4, -0.2) is 31.6 Å². The Morgan fingerprint density at radius 1 is 1.03 bits per heavy atom. The smallest absolute Gasteiger partial charge is 0.269 e. The molecule has 2 rings (SSSR count). The molecule has 2 aromatic carbocycles. The Balaban J connectivity index is 1.77. The van der Waals surface area contributed by atoms with Gasteiger partial charge in [-0.15, -0.1) is 0 Å². The molecule has 0 saturated heterocycles. The van der Waals surface area contributed by atoms with E-state index >= 15 is 0 Å². The molecule has 0 unspecified atom stereocenters. The Labute approximate surface area is 185 Å². The van der Waals surface area contributed by atoms with E-state index in [9.17, 15) is 9.59 Å². The van der Waals surface area contributed by atoms with E-state index in [-0.39, 0.29) is 25.0 Å². The Morgan fingerprint density at radius 2 is 1.80 bits per heavy atom. The number of benzene rings is 2. The first kappa shape index (κ1) is 23.6. The largest absolute Gasteiger partial charge is 0.493 e. The second-order valence-electron chi connectivity index (χ2n) is 6.54. The summed E-state index contributed by atoms with van der Waals surface area (Å²) in [6.07, 6.45) is 0.555. The molecule has 2 N–H and O–H groups in total. The average Bonchev–Trinajstić information content (AvgIpc) is 2.72. The second kappa shape index (κ2) is 11.5. The summed E-state index contributed by atoms with van der Waals surface area (Å²) in [4.78, 5) is 24.2. The zero-order chi connectivity index (χ0) is 22.1. The van der Waals surface area contributed by atoms with Gasteiger partial charge in [0.1, 0.15) is 10.8 Å². The van der Waals surface area contributed by atoms with Crippen LogP contribution in [0.1, 0.15) is 37.0 Å². The van der Waals surface area contributed by atoms with Crippen molar-refractivity contribution in [3.8, 4) is 17.2 Å². The standard InChI is InChI=1S/C21H24Cl2N2O5/c1-13(2)30-16-10-9-14(12-18(16)28-3)21(27)25-24-19(26)8-5-11-29-17-7-4-6-15(22)20(17)23/h4,6-7,9-10,12-13H,5,8,11H2,1-3H3,(H,24,26)(H,25,27). The van der Waals surface area contributed by atoms with Gasteiger partial charge in [-0.05, 0) is 50.6 Å². The van der Waals surface area contributed by atoms with Gasteiger partial charge in [0.2, 0.25) is 5.91 Å². The molecule has 162 valence electrons.